The highest BCUT2D eigenvalue weighted by Crippen LogP contribution is 2.36. The van der Waals surface area contributed by atoms with Crippen LogP contribution >= 0.6 is 11.3 Å². The van der Waals surface area contributed by atoms with Crippen LogP contribution in [0.3, 0.4) is 0 Å². The number of fused-ring (bicyclic) bond motifs is 1. The van der Waals surface area contributed by atoms with E-state index in [1.54, 1.807) is 23.5 Å². The first-order chi connectivity index (χ1) is 21.8. The molecule has 1 aromatic carbocycles. The van der Waals surface area contributed by atoms with Crippen LogP contribution in [0.15, 0.2) is 48.8 Å². The molecule has 12 heteroatoms. The Labute approximate surface area is 265 Å². The van der Waals surface area contributed by atoms with Crippen molar-refractivity contribution in [2.24, 2.45) is 5.92 Å². The van der Waals surface area contributed by atoms with Crippen LogP contribution in [-0.2, 0) is 9.59 Å². The predicted octanol–water partition coefficient (Wildman–Crippen LogP) is 2.92. The Balaban J connectivity index is 0.944. The molecule has 2 aromatic heterocycles. The van der Waals surface area contributed by atoms with Crippen molar-refractivity contribution in [3.05, 3.63) is 70.4 Å². The Bertz CT molecular complexity index is 1670. The summed E-state index contributed by atoms with van der Waals surface area (Å²) in [6.45, 7) is 7.62. The van der Waals surface area contributed by atoms with Crippen molar-refractivity contribution in [2.45, 2.75) is 38.6 Å². The van der Waals surface area contributed by atoms with Crippen LogP contribution in [0, 0.1) is 12.8 Å². The van der Waals surface area contributed by atoms with Crippen LogP contribution in [0.4, 0.5) is 5.69 Å². The molecular formula is C33H36N6O5S. The molecule has 0 aliphatic carbocycles. The third-order valence-electron chi connectivity index (χ3n) is 9.48. The fourth-order valence-electron chi connectivity index (χ4n) is 7.10. The molecule has 0 bridgehead atoms. The molecule has 1 N–H and O–H groups in total. The molecule has 3 saturated heterocycles. The maximum Gasteiger partial charge on any atom is 0.264 e. The summed E-state index contributed by atoms with van der Waals surface area (Å²) >= 11 is 1.64. The number of piperazine rings is 1. The standard InChI is InChI=1S/C33H36N6O5S/c1-21-19-24(33(45-21)38-11-2-3-12-38)30(42)37-17-15-35(16-18-37)20-22-9-13-36(14-10-22)25-6-4-5-23-28(25)32(44)39(31(23)43)26-7-8-27(40)34-29(26)41/h2-6,11-12,19,22,26H,7-10,13-18,20H2,1H3,(H,34,40,41). The highest BCUT2D eigenvalue weighted by Gasteiger charge is 2.46. The summed E-state index contributed by atoms with van der Waals surface area (Å²) < 4.78 is 2.01. The lowest BCUT2D eigenvalue weighted by atomic mass is 9.94. The van der Waals surface area contributed by atoms with Crippen molar-refractivity contribution in [3.63, 3.8) is 0 Å². The van der Waals surface area contributed by atoms with Gasteiger partial charge in [0, 0.05) is 69.5 Å². The van der Waals surface area contributed by atoms with Gasteiger partial charge in [-0.25, -0.2) is 0 Å². The van der Waals surface area contributed by atoms with E-state index < -0.39 is 23.8 Å². The molecule has 1 unspecified atom stereocenters. The van der Waals surface area contributed by atoms with Crippen LogP contribution in [0.2, 0.25) is 0 Å². The molecule has 45 heavy (non-hydrogen) atoms. The van der Waals surface area contributed by atoms with Crippen LogP contribution in [-0.4, -0.2) is 101 Å². The van der Waals surface area contributed by atoms with Gasteiger partial charge in [-0.15, -0.1) is 11.3 Å². The van der Waals surface area contributed by atoms with E-state index in [9.17, 15) is 24.0 Å². The number of aromatic nitrogens is 1. The number of hydrogen-bond acceptors (Lipinski definition) is 8. The average molecular weight is 629 g/mol. The van der Waals surface area contributed by atoms with Gasteiger partial charge in [0.1, 0.15) is 11.0 Å². The molecule has 4 aliphatic heterocycles. The highest BCUT2D eigenvalue weighted by atomic mass is 32.1. The van der Waals surface area contributed by atoms with E-state index in [1.165, 1.54) is 0 Å². The van der Waals surface area contributed by atoms with Gasteiger partial charge in [0.05, 0.1) is 22.4 Å². The first kappa shape index (κ1) is 29.4. The van der Waals surface area contributed by atoms with E-state index in [2.05, 4.69) is 15.1 Å². The van der Waals surface area contributed by atoms with E-state index in [1.807, 2.05) is 53.0 Å². The van der Waals surface area contributed by atoms with Gasteiger partial charge in [0.2, 0.25) is 11.8 Å². The Kier molecular flexibility index (Phi) is 7.78. The summed E-state index contributed by atoms with van der Waals surface area (Å²) in [6, 6.07) is 10.3. The van der Waals surface area contributed by atoms with Crippen LogP contribution in [0.25, 0.3) is 5.00 Å². The quantitative estimate of drug-likeness (QED) is 0.418. The largest absolute Gasteiger partial charge is 0.371 e. The summed E-state index contributed by atoms with van der Waals surface area (Å²) in [5.74, 6) is -1.34. The number of rotatable bonds is 6. The second-order valence-electron chi connectivity index (χ2n) is 12.3. The second-order valence-corrected chi connectivity index (χ2v) is 13.6. The molecule has 6 heterocycles. The summed E-state index contributed by atoms with van der Waals surface area (Å²) in [4.78, 5) is 73.1. The molecule has 0 radical (unpaired) electrons. The average Bonchev–Trinajstić information content (AvgIpc) is 3.77. The summed E-state index contributed by atoms with van der Waals surface area (Å²) in [6.07, 6.45) is 6.10. The number of anilines is 1. The molecule has 234 valence electrons. The lowest BCUT2D eigenvalue weighted by molar-refractivity contribution is -0.136. The van der Waals surface area contributed by atoms with Crippen molar-refractivity contribution in [1.82, 2.24) is 24.6 Å². The molecule has 0 spiro atoms. The molecule has 3 fully saturated rings. The lowest BCUT2D eigenvalue weighted by Crippen LogP contribution is -2.54. The minimum Gasteiger partial charge on any atom is -0.371 e. The third-order valence-corrected chi connectivity index (χ3v) is 10.5. The van der Waals surface area contributed by atoms with Gasteiger partial charge in [0.15, 0.2) is 0 Å². The molecular weight excluding hydrogens is 592 g/mol. The summed E-state index contributed by atoms with van der Waals surface area (Å²) in [5, 5.41) is 3.22. The normalized spacial score (nSPS) is 21.4. The first-order valence-electron chi connectivity index (χ1n) is 15.6. The first-order valence-corrected chi connectivity index (χ1v) is 16.4. The molecule has 7 rings (SSSR count). The fraction of sp³-hybridized carbons (Fsp3) is 0.424. The zero-order valence-electron chi connectivity index (χ0n) is 25.2. The number of benzene rings is 1. The number of piperidine rings is 2. The number of carbonyl (C=O) groups is 5. The number of imide groups is 2. The van der Waals surface area contributed by atoms with Crippen molar-refractivity contribution in [1.29, 1.82) is 0 Å². The maximum atomic E-state index is 13.5. The van der Waals surface area contributed by atoms with Crippen LogP contribution in [0.5, 0.6) is 0 Å². The van der Waals surface area contributed by atoms with E-state index in [-0.39, 0.29) is 24.7 Å². The van der Waals surface area contributed by atoms with Crippen LogP contribution < -0.4 is 10.2 Å². The number of thiophene rings is 1. The van der Waals surface area contributed by atoms with Crippen molar-refractivity contribution in [3.8, 4) is 5.00 Å². The minimum absolute atomic E-state index is 0.0931. The van der Waals surface area contributed by atoms with Crippen molar-refractivity contribution >= 4 is 46.6 Å². The van der Waals surface area contributed by atoms with Gasteiger partial charge in [-0.1, -0.05) is 6.07 Å². The number of amides is 5. The number of carbonyl (C=O) groups excluding carboxylic acids is 5. The molecule has 11 nitrogen and oxygen atoms in total. The number of hydrogen-bond donors (Lipinski definition) is 1. The molecule has 0 saturated carbocycles. The Morgan fingerprint density at radius 1 is 0.911 bits per heavy atom. The minimum atomic E-state index is -0.972. The maximum absolute atomic E-state index is 13.5. The van der Waals surface area contributed by atoms with Gasteiger partial charge < -0.3 is 14.4 Å². The second kappa shape index (κ2) is 11.9. The van der Waals surface area contributed by atoms with E-state index in [0.717, 1.165) is 71.6 Å². The smallest absolute Gasteiger partial charge is 0.264 e. The Hall–Kier alpha value is -4.29. The zero-order chi connectivity index (χ0) is 31.2. The zero-order valence-corrected chi connectivity index (χ0v) is 26.1. The lowest BCUT2D eigenvalue weighted by Gasteiger charge is -2.39. The van der Waals surface area contributed by atoms with Gasteiger partial charge in [0.25, 0.3) is 17.7 Å². The third kappa shape index (κ3) is 5.46. The number of nitrogens with zero attached hydrogens (tertiary/aromatic N) is 5. The van der Waals surface area contributed by atoms with E-state index >= 15 is 0 Å². The predicted molar refractivity (Wildman–Crippen MR) is 169 cm³/mol. The Morgan fingerprint density at radius 3 is 2.36 bits per heavy atom. The van der Waals surface area contributed by atoms with Gasteiger partial charge in [-0.3, -0.25) is 39.1 Å². The van der Waals surface area contributed by atoms with Crippen LogP contribution in [0.1, 0.15) is 61.6 Å². The van der Waals surface area contributed by atoms with Gasteiger partial charge in [-0.2, -0.15) is 0 Å². The SMILES string of the molecule is Cc1cc(C(=O)N2CCN(CC3CCN(c4cccc5c4C(=O)N(C4CCC(=O)NC4=O)C5=O)CC3)CC2)c(-n2cccc2)s1. The van der Waals surface area contributed by atoms with Gasteiger partial charge >= 0.3 is 0 Å². The fourth-order valence-corrected chi connectivity index (χ4v) is 8.07. The molecule has 1 atom stereocenters. The van der Waals surface area contributed by atoms with Gasteiger partial charge in [-0.05, 0) is 62.4 Å². The van der Waals surface area contributed by atoms with Crippen molar-refractivity contribution < 1.29 is 24.0 Å². The van der Waals surface area contributed by atoms with E-state index in [4.69, 9.17) is 0 Å². The molecule has 4 aliphatic rings. The number of aryl methyl sites for hydroxylation is 1. The topological polar surface area (TPSA) is 115 Å². The number of nitrogens with one attached hydrogen (secondary N) is 1. The monoisotopic (exact) mass is 628 g/mol. The summed E-state index contributed by atoms with van der Waals surface area (Å²) in [7, 11) is 0. The van der Waals surface area contributed by atoms with E-state index in [0.29, 0.717) is 30.1 Å². The molecule has 3 aromatic rings. The Morgan fingerprint density at radius 2 is 1.64 bits per heavy atom. The molecule has 5 amide bonds. The summed E-state index contributed by atoms with van der Waals surface area (Å²) in [5.41, 5.74) is 2.17. The van der Waals surface area contributed by atoms with Crippen molar-refractivity contribution in [2.75, 3.05) is 50.7 Å². The highest BCUT2D eigenvalue weighted by molar-refractivity contribution is 7.14.